The Balaban J connectivity index is 1.92. The van der Waals surface area contributed by atoms with E-state index in [0.29, 0.717) is 10.9 Å². The highest BCUT2D eigenvalue weighted by Crippen LogP contribution is 2.25. The summed E-state index contributed by atoms with van der Waals surface area (Å²) < 4.78 is 10.1. The number of methoxy groups -OCH3 is 1. The van der Waals surface area contributed by atoms with Crippen LogP contribution in [0.15, 0.2) is 29.6 Å². The highest BCUT2D eigenvalue weighted by Gasteiger charge is 2.16. The minimum Gasteiger partial charge on any atom is -0.497 e. The van der Waals surface area contributed by atoms with Crippen LogP contribution in [0.5, 0.6) is 5.75 Å². The molecule has 1 amide bonds. The predicted molar refractivity (Wildman–Crippen MR) is 96.8 cm³/mol. The molecule has 2 rings (SSSR count). The molecular formula is C18H22N2O4S. The summed E-state index contributed by atoms with van der Waals surface area (Å²) >= 11 is 1.34. The number of hydrogen-bond acceptors (Lipinski definition) is 6. The van der Waals surface area contributed by atoms with Crippen molar-refractivity contribution in [2.45, 2.75) is 26.8 Å². The van der Waals surface area contributed by atoms with Crippen LogP contribution in [-0.4, -0.2) is 36.6 Å². The number of hydrogen-bond donors (Lipinski definition) is 1. The normalized spacial score (nSPS) is 11.9. The van der Waals surface area contributed by atoms with Gasteiger partial charge in [-0.3, -0.25) is 4.79 Å². The van der Waals surface area contributed by atoms with Gasteiger partial charge >= 0.3 is 5.97 Å². The van der Waals surface area contributed by atoms with Crippen LogP contribution in [-0.2, 0) is 9.53 Å². The van der Waals surface area contributed by atoms with E-state index in [9.17, 15) is 9.59 Å². The fourth-order valence-electron chi connectivity index (χ4n) is 1.90. The maximum atomic E-state index is 12.0. The van der Waals surface area contributed by atoms with Crippen molar-refractivity contribution in [3.8, 4) is 16.3 Å². The van der Waals surface area contributed by atoms with Gasteiger partial charge in [0.2, 0.25) is 0 Å². The van der Waals surface area contributed by atoms with Gasteiger partial charge in [0.25, 0.3) is 5.91 Å². The summed E-state index contributed by atoms with van der Waals surface area (Å²) in [6.45, 7) is 5.61. The number of rotatable bonds is 7. The van der Waals surface area contributed by atoms with Gasteiger partial charge in [0.15, 0.2) is 12.3 Å². The van der Waals surface area contributed by atoms with Gasteiger partial charge in [-0.2, -0.15) is 0 Å². The molecule has 1 aromatic carbocycles. The average molecular weight is 362 g/mol. The lowest BCUT2D eigenvalue weighted by molar-refractivity contribution is -0.125. The number of carbonyl (C=O) groups is 2. The third-order valence-electron chi connectivity index (χ3n) is 3.77. The first kappa shape index (κ1) is 18.9. The predicted octanol–water partition coefficient (Wildman–Crippen LogP) is 3.14. The van der Waals surface area contributed by atoms with Crippen molar-refractivity contribution < 1.29 is 19.1 Å². The van der Waals surface area contributed by atoms with Gasteiger partial charge in [0.05, 0.1) is 7.11 Å². The van der Waals surface area contributed by atoms with Gasteiger partial charge in [-0.05, 0) is 37.1 Å². The van der Waals surface area contributed by atoms with E-state index in [1.54, 1.807) is 12.5 Å². The molecule has 6 nitrogen and oxygen atoms in total. The molecule has 0 saturated heterocycles. The summed E-state index contributed by atoms with van der Waals surface area (Å²) in [5, 5.41) is 5.11. The van der Waals surface area contributed by atoms with Crippen molar-refractivity contribution >= 4 is 23.2 Å². The number of amides is 1. The molecule has 1 atom stereocenters. The first-order valence-electron chi connectivity index (χ1n) is 7.97. The first-order chi connectivity index (χ1) is 11.9. The Morgan fingerprint density at radius 3 is 2.48 bits per heavy atom. The third-order valence-corrected chi connectivity index (χ3v) is 4.66. The van der Waals surface area contributed by atoms with Crippen LogP contribution in [0.2, 0.25) is 0 Å². The maximum absolute atomic E-state index is 12.0. The molecule has 1 N–H and O–H groups in total. The Labute approximate surface area is 151 Å². The Bertz CT molecular complexity index is 725. The van der Waals surface area contributed by atoms with E-state index in [0.717, 1.165) is 11.3 Å². The van der Waals surface area contributed by atoms with Crippen LogP contribution in [0.3, 0.4) is 0 Å². The van der Waals surface area contributed by atoms with Gasteiger partial charge in [0, 0.05) is 17.0 Å². The van der Waals surface area contributed by atoms with E-state index in [-0.39, 0.29) is 24.2 Å². The molecule has 0 aliphatic heterocycles. The molecule has 0 unspecified atom stereocenters. The molecule has 0 fully saturated rings. The van der Waals surface area contributed by atoms with Crippen LogP contribution >= 0.6 is 11.3 Å². The molecule has 0 bridgehead atoms. The summed E-state index contributed by atoms with van der Waals surface area (Å²) in [5.41, 5.74) is 1.08. The van der Waals surface area contributed by atoms with E-state index >= 15 is 0 Å². The quantitative estimate of drug-likeness (QED) is 0.766. The van der Waals surface area contributed by atoms with E-state index in [2.05, 4.69) is 10.3 Å². The average Bonchev–Trinajstić information content (AvgIpc) is 3.09. The molecule has 0 aliphatic carbocycles. The molecule has 0 spiro atoms. The molecule has 0 radical (unpaired) electrons. The number of nitrogens with one attached hydrogen (secondary N) is 1. The van der Waals surface area contributed by atoms with Gasteiger partial charge in [-0.15, -0.1) is 11.3 Å². The van der Waals surface area contributed by atoms with E-state index in [4.69, 9.17) is 9.47 Å². The minimum absolute atomic E-state index is 0.0205. The zero-order chi connectivity index (χ0) is 18.4. The Morgan fingerprint density at radius 2 is 1.88 bits per heavy atom. The van der Waals surface area contributed by atoms with Crippen LogP contribution in [0.4, 0.5) is 0 Å². The number of ether oxygens (including phenoxy) is 2. The van der Waals surface area contributed by atoms with Crippen LogP contribution in [0, 0.1) is 5.92 Å². The molecule has 7 heteroatoms. The van der Waals surface area contributed by atoms with Crippen molar-refractivity contribution in [2.75, 3.05) is 13.7 Å². The number of thiazole rings is 1. The van der Waals surface area contributed by atoms with Crippen molar-refractivity contribution in [1.82, 2.24) is 10.3 Å². The van der Waals surface area contributed by atoms with Crippen LogP contribution < -0.4 is 10.1 Å². The zero-order valence-electron chi connectivity index (χ0n) is 14.7. The Hall–Kier alpha value is -2.41. The zero-order valence-corrected chi connectivity index (χ0v) is 15.6. The van der Waals surface area contributed by atoms with Crippen LogP contribution in [0.1, 0.15) is 31.3 Å². The molecular weight excluding hydrogens is 340 g/mol. The van der Waals surface area contributed by atoms with Gasteiger partial charge < -0.3 is 14.8 Å². The van der Waals surface area contributed by atoms with E-state index in [1.807, 2.05) is 45.0 Å². The van der Waals surface area contributed by atoms with E-state index < -0.39 is 5.97 Å². The third kappa shape index (κ3) is 5.29. The monoisotopic (exact) mass is 362 g/mol. The van der Waals surface area contributed by atoms with Crippen LogP contribution in [0.25, 0.3) is 10.6 Å². The van der Waals surface area contributed by atoms with Crippen molar-refractivity contribution in [1.29, 1.82) is 0 Å². The second-order valence-electron chi connectivity index (χ2n) is 5.94. The number of aromatic nitrogens is 1. The summed E-state index contributed by atoms with van der Waals surface area (Å²) in [5.74, 6) is 0.135. The maximum Gasteiger partial charge on any atom is 0.358 e. The lowest BCUT2D eigenvalue weighted by Gasteiger charge is -2.17. The fraction of sp³-hybridized carbons (Fsp3) is 0.389. The van der Waals surface area contributed by atoms with E-state index in [1.165, 1.54) is 11.3 Å². The summed E-state index contributed by atoms with van der Waals surface area (Å²) in [7, 11) is 1.60. The summed E-state index contributed by atoms with van der Waals surface area (Å²) in [6, 6.07) is 7.41. The van der Waals surface area contributed by atoms with Crippen molar-refractivity contribution in [3.63, 3.8) is 0 Å². The highest BCUT2D eigenvalue weighted by molar-refractivity contribution is 7.13. The number of nitrogens with zero attached hydrogens (tertiary/aromatic N) is 1. The summed E-state index contributed by atoms with van der Waals surface area (Å²) in [6.07, 6.45) is 0. The Morgan fingerprint density at radius 1 is 1.20 bits per heavy atom. The molecule has 25 heavy (non-hydrogen) atoms. The molecule has 1 aromatic heterocycles. The smallest absolute Gasteiger partial charge is 0.358 e. The second kappa shape index (κ2) is 8.62. The van der Waals surface area contributed by atoms with Gasteiger partial charge in [-0.25, -0.2) is 9.78 Å². The summed E-state index contributed by atoms with van der Waals surface area (Å²) in [4.78, 5) is 28.1. The Kier molecular flexibility index (Phi) is 6.52. The molecule has 1 heterocycles. The highest BCUT2D eigenvalue weighted by atomic mass is 32.1. The SMILES string of the molecule is COc1ccc(-c2nc(C(=O)OCC(=O)N[C@@H](C)C(C)C)cs2)cc1. The first-order valence-corrected chi connectivity index (χ1v) is 8.85. The van der Waals surface area contributed by atoms with Gasteiger partial charge in [0.1, 0.15) is 10.8 Å². The number of carbonyl (C=O) groups excluding carboxylic acids is 2. The second-order valence-corrected chi connectivity index (χ2v) is 6.80. The standard InChI is InChI=1S/C18H22N2O4S/c1-11(2)12(3)19-16(21)9-24-18(22)15-10-25-17(20-15)13-5-7-14(23-4)8-6-13/h5-8,10-12H,9H2,1-4H3,(H,19,21)/t12-/m0/s1. The van der Waals surface area contributed by atoms with Crippen molar-refractivity contribution in [2.24, 2.45) is 5.92 Å². The lowest BCUT2D eigenvalue weighted by atomic mass is 10.1. The lowest BCUT2D eigenvalue weighted by Crippen LogP contribution is -2.38. The molecule has 0 aliphatic rings. The molecule has 2 aromatic rings. The van der Waals surface area contributed by atoms with Gasteiger partial charge in [-0.1, -0.05) is 13.8 Å². The fourth-order valence-corrected chi connectivity index (χ4v) is 2.70. The number of esters is 1. The molecule has 0 saturated carbocycles. The number of benzene rings is 1. The largest absolute Gasteiger partial charge is 0.497 e. The topological polar surface area (TPSA) is 77.5 Å². The molecule has 134 valence electrons. The van der Waals surface area contributed by atoms with Crippen molar-refractivity contribution in [3.05, 3.63) is 35.3 Å². The minimum atomic E-state index is -0.608.